The van der Waals surface area contributed by atoms with Gasteiger partial charge in [0.2, 0.25) is 5.91 Å². The zero-order valence-electron chi connectivity index (χ0n) is 18.4. The largest absolute Gasteiger partial charge is 0.427 e. The number of hydrogen-bond donors (Lipinski definition) is 1. The number of amides is 2. The van der Waals surface area contributed by atoms with Gasteiger partial charge in [-0.1, -0.05) is 35.9 Å². The summed E-state index contributed by atoms with van der Waals surface area (Å²) in [5.41, 5.74) is 2.13. The van der Waals surface area contributed by atoms with Crippen LogP contribution in [-0.4, -0.2) is 47.6 Å². The molecule has 1 heterocycles. The number of benzene rings is 2. The Morgan fingerprint density at radius 2 is 1.66 bits per heavy atom. The average Bonchev–Trinajstić information content (AvgIpc) is 2.78. The molecule has 1 aliphatic rings. The topological polar surface area (TPSA) is 92.8 Å². The van der Waals surface area contributed by atoms with Crippen LogP contribution in [0.15, 0.2) is 48.5 Å². The van der Waals surface area contributed by atoms with Gasteiger partial charge >= 0.3 is 5.97 Å². The van der Waals surface area contributed by atoms with E-state index in [1.165, 1.54) is 13.0 Å². The smallest absolute Gasteiger partial charge is 0.308 e. The van der Waals surface area contributed by atoms with Crippen LogP contribution in [-0.2, 0) is 9.59 Å². The van der Waals surface area contributed by atoms with E-state index in [0.717, 1.165) is 5.56 Å². The van der Waals surface area contributed by atoms with Crippen molar-refractivity contribution in [2.45, 2.75) is 45.6 Å². The number of aryl methyl sites for hydroxylation is 1. The van der Waals surface area contributed by atoms with Crippen molar-refractivity contribution < 1.29 is 23.9 Å². The quantitative estimate of drug-likeness (QED) is 0.408. The molecule has 2 aromatic rings. The molecule has 1 aliphatic heterocycles. The Balaban J connectivity index is 1.44. The Bertz CT molecular complexity index is 992. The summed E-state index contributed by atoms with van der Waals surface area (Å²) in [6.07, 6.45) is 1.67. The minimum absolute atomic E-state index is 0.0310. The number of likely N-dealkylation sites (tertiary alicyclic amines) is 1. The summed E-state index contributed by atoms with van der Waals surface area (Å²) >= 11 is 0. The highest BCUT2D eigenvalue weighted by molar-refractivity contribution is 5.98. The first kappa shape index (κ1) is 23.2. The van der Waals surface area contributed by atoms with Gasteiger partial charge in [0.25, 0.3) is 5.91 Å². The summed E-state index contributed by atoms with van der Waals surface area (Å²) in [7, 11) is 0. The van der Waals surface area contributed by atoms with Crippen LogP contribution in [0.4, 0.5) is 0 Å². The maximum atomic E-state index is 12.5. The molecule has 168 valence electrons. The van der Waals surface area contributed by atoms with Crippen molar-refractivity contribution in [2.24, 2.45) is 0 Å². The average molecular weight is 437 g/mol. The molecule has 0 unspecified atom stereocenters. The number of carbonyl (C=O) groups excluding carboxylic acids is 4. The number of hydrogen-bond acceptors (Lipinski definition) is 5. The molecule has 0 bridgehead atoms. The van der Waals surface area contributed by atoms with Crippen LogP contribution < -0.4 is 10.1 Å². The monoisotopic (exact) mass is 436 g/mol. The summed E-state index contributed by atoms with van der Waals surface area (Å²) in [6.45, 7) is 4.34. The molecule has 3 rings (SSSR count). The van der Waals surface area contributed by atoms with E-state index >= 15 is 0 Å². The number of piperidine rings is 1. The standard InChI is InChI=1S/C25H28N2O5/c1-17-6-8-19(9-7-17)23(29)10-11-24(30)27-14-12-21(13-15-27)26-25(31)20-4-3-5-22(16-20)32-18(2)28/h3-9,16,21H,10-15H2,1-2H3,(H,26,31). The minimum atomic E-state index is -0.444. The maximum absolute atomic E-state index is 12.5. The Morgan fingerprint density at radius 3 is 2.31 bits per heavy atom. The van der Waals surface area contributed by atoms with Gasteiger partial charge < -0.3 is 15.0 Å². The SMILES string of the molecule is CC(=O)Oc1cccc(C(=O)NC2CCN(C(=O)CCC(=O)c3ccc(C)cc3)CC2)c1. The molecular formula is C25H28N2O5. The Hall–Kier alpha value is -3.48. The van der Waals surface area contributed by atoms with Crippen LogP contribution in [0.25, 0.3) is 0 Å². The third-order valence-corrected chi connectivity index (χ3v) is 5.48. The van der Waals surface area contributed by atoms with E-state index in [0.29, 0.717) is 42.8 Å². The minimum Gasteiger partial charge on any atom is -0.427 e. The van der Waals surface area contributed by atoms with Crippen molar-refractivity contribution >= 4 is 23.6 Å². The van der Waals surface area contributed by atoms with Crippen molar-refractivity contribution in [1.29, 1.82) is 0 Å². The fourth-order valence-corrected chi connectivity index (χ4v) is 3.67. The summed E-state index contributed by atoms with van der Waals surface area (Å²) in [5.74, 6) is -0.431. The first-order chi connectivity index (χ1) is 15.3. The summed E-state index contributed by atoms with van der Waals surface area (Å²) in [4.78, 5) is 50.2. The van der Waals surface area contributed by atoms with Crippen molar-refractivity contribution in [1.82, 2.24) is 10.2 Å². The molecule has 0 spiro atoms. The van der Waals surface area contributed by atoms with Crippen LogP contribution >= 0.6 is 0 Å². The van der Waals surface area contributed by atoms with E-state index in [9.17, 15) is 19.2 Å². The first-order valence-corrected chi connectivity index (χ1v) is 10.8. The third kappa shape index (κ3) is 6.51. The predicted molar refractivity (Wildman–Crippen MR) is 120 cm³/mol. The molecule has 1 fully saturated rings. The summed E-state index contributed by atoms with van der Waals surface area (Å²) < 4.78 is 5.02. The molecule has 0 radical (unpaired) electrons. The molecule has 0 aromatic heterocycles. The van der Waals surface area contributed by atoms with Crippen LogP contribution in [0, 0.1) is 6.92 Å². The van der Waals surface area contributed by atoms with Crippen LogP contribution in [0.2, 0.25) is 0 Å². The van der Waals surface area contributed by atoms with Gasteiger partial charge in [-0.15, -0.1) is 0 Å². The number of rotatable bonds is 7. The number of esters is 1. The highest BCUT2D eigenvalue weighted by atomic mass is 16.5. The number of carbonyl (C=O) groups is 4. The van der Waals surface area contributed by atoms with Gasteiger partial charge in [-0.05, 0) is 38.0 Å². The fourth-order valence-electron chi connectivity index (χ4n) is 3.67. The second-order valence-corrected chi connectivity index (χ2v) is 8.04. The number of nitrogens with zero attached hydrogens (tertiary/aromatic N) is 1. The highest BCUT2D eigenvalue weighted by Crippen LogP contribution is 2.17. The first-order valence-electron chi connectivity index (χ1n) is 10.8. The number of ether oxygens (including phenoxy) is 1. The normalized spacial score (nSPS) is 14.0. The van der Waals surface area contributed by atoms with Gasteiger partial charge in [-0.3, -0.25) is 19.2 Å². The Kier molecular flexibility index (Phi) is 7.76. The number of nitrogens with one attached hydrogen (secondary N) is 1. The summed E-state index contributed by atoms with van der Waals surface area (Å²) in [6, 6.07) is 13.8. The molecule has 2 aromatic carbocycles. The molecular weight excluding hydrogens is 408 g/mol. The lowest BCUT2D eigenvalue weighted by Gasteiger charge is -2.32. The van der Waals surface area contributed by atoms with Crippen molar-refractivity contribution in [3.05, 3.63) is 65.2 Å². The van der Waals surface area contributed by atoms with Crippen LogP contribution in [0.5, 0.6) is 5.75 Å². The van der Waals surface area contributed by atoms with Gasteiger partial charge in [-0.2, -0.15) is 0 Å². The lowest BCUT2D eigenvalue weighted by atomic mass is 10.0. The van der Waals surface area contributed by atoms with Crippen LogP contribution in [0.3, 0.4) is 0 Å². The molecule has 0 saturated carbocycles. The number of ketones is 1. The zero-order chi connectivity index (χ0) is 23.1. The fraction of sp³-hybridized carbons (Fsp3) is 0.360. The molecule has 7 nitrogen and oxygen atoms in total. The molecule has 1 saturated heterocycles. The molecule has 32 heavy (non-hydrogen) atoms. The lowest BCUT2D eigenvalue weighted by molar-refractivity contribution is -0.132. The zero-order valence-corrected chi connectivity index (χ0v) is 18.4. The molecule has 7 heteroatoms. The van der Waals surface area contributed by atoms with E-state index in [1.807, 2.05) is 19.1 Å². The van der Waals surface area contributed by atoms with Crippen LogP contribution in [0.1, 0.15) is 58.9 Å². The predicted octanol–water partition coefficient (Wildman–Crippen LogP) is 3.30. The van der Waals surface area contributed by atoms with Crippen molar-refractivity contribution in [3.8, 4) is 5.75 Å². The molecule has 0 aliphatic carbocycles. The van der Waals surface area contributed by atoms with E-state index in [-0.39, 0.29) is 36.5 Å². The van der Waals surface area contributed by atoms with Gasteiger partial charge in [0, 0.05) is 50.0 Å². The number of Topliss-reactive ketones (excluding diaryl/α,β-unsaturated/α-hetero) is 1. The van der Waals surface area contributed by atoms with Crippen molar-refractivity contribution in [3.63, 3.8) is 0 Å². The molecule has 2 amide bonds. The molecule has 0 atom stereocenters. The Labute approximate surface area is 187 Å². The van der Waals surface area contributed by atoms with E-state index in [4.69, 9.17) is 4.74 Å². The highest BCUT2D eigenvalue weighted by Gasteiger charge is 2.24. The second kappa shape index (κ2) is 10.7. The van der Waals surface area contributed by atoms with Gasteiger partial charge in [-0.25, -0.2) is 0 Å². The third-order valence-electron chi connectivity index (χ3n) is 5.48. The van der Waals surface area contributed by atoms with E-state index < -0.39 is 5.97 Å². The molecule has 1 N–H and O–H groups in total. The van der Waals surface area contributed by atoms with E-state index in [1.54, 1.807) is 35.2 Å². The van der Waals surface area contributed by atoms with Gasteiger partial charge in [0.05, 0.1) is 0 Å². The van der Waals surface area contributed by atoms with E-state index in [2.05, 4.69) is 5.32 Å². The maximum Gasteiger partial charge on any atom is 0.308 e. The van der Waals surface area contributed by atoms with Crippen molar-refractivity contribution in [2.75, 3.05) is 13.1 Å². The second-order valence-electron chi connectivity index (χ2n) is 8.04. The summed E-state index contributed by atoms with van der Waals surface area (Å²) in [5, 5.41) is 2.98. The Morgan fingerprint density at radius 1 is 0.969 bits per heavy atom. The lowest BCUT2D eigenvalue weighted by Crippen LogP contribution is -2.46. The van der Waals surface area contributed by atoms with Gasteiger partial charge in [0.15, 0.2) is 5.78 Å². The van der Waals surface area contributed by atoms with Gasteiger partial charge in [0.1, 0.15) is 5.75 Å².